The summed E-state index contributed by atoms with van der Waals surface area (Å²) in [5, 5.41) is 14.0. The Morgan fingerprint density at radius 2 is 1.36 bits per heavy atom. The summed E-state index contributed by atoms with van der Waals surface area (Å²) in [6.07, 6.45) is 1.32. The molecule has 0 unspecified atom stereocenters. The topological polar surface area (TPSA) is 50.2 Å². The van der Waals surface area contributed by atoms with Crippen LogP contribution in [0.1, 0.15) is 85.3 Å². The molecular weight excluding hydrogens is 884 g/mol. The van der Waals surface area contributed by atoms with Crippen LogP contribution in [0.3, 0.4) is 0 Å². The van der Waals surface area contributed by atoms with Crippen LogP contribution in [0.2, 0.25) is 0 Å². The van der Waals surface area contributed by atoms with Crippen molar-refractivity contribution < 1.29 is 43.2 Å². The van der Waals surface area contributed by atoms with Gasteiger partial charge in [-0.1, -0.05) is 132 Å². The van der Waals surface area contributed by atoms with Crippen LogP contribution in [0.15, 0.2) is 109 Å². The Balaban J connectivity index is 0.000000322. The van der Waals surface area contributed by atoms with E-state index in [0.717, 1.165) is 81.2 Å². The molecule has 6 aromatic rings. The Labute approximate surface area is 342 Å². The first-order chi connectivity index (χ1) is 26.2. The molecule has 1 aliphatic rings. The molecule has 3 nitrogen and oxygen atoms in total. The normalized spacial score (nSPS) is 12.5. The first-order valence-electron chi connectivity index (χ1n) is 19.3. The van der Waals surface area contributed by atoms with Crippen molar-refractivity contribution in [3.05, 3.63) is 126 Å². The van der Waals surface area contributed by atoms with Crippen LogP contribution >= 0.6 is 0 Å². The third kappa shape index (κ3) is 8.55. The van der Waals surface area contributed by atoms with E-state index >= 15 is 0 Å². The Morgan fingerprint density at radius 1 is 0.732 bits per heavy atom. The van der Waals surface area contributed by atoms with Crippen molar-refractivity contribution in [2.24, 2.45) is 11.8 Å². The molecule has 1 aliphatic carbocycles. The van der Waals surface area contributed by atoms with E-state index in [1.165, 1.54) is 6.08 Å². The van der Waals surface area contributed by atoms with Gasteiger partial charge in [0.2, 0.25) is 0 Å². The molecule has 0 saturated carbocycles. The molecule has 0 bridgehead atoms. The predicted octanol–water partition coefficient (Wildman–Crippen LogP) is 14.4. The molecule has 0 amide bonds. The first kappa shape index (κ1) is 42.6. The maximum absolute atomic E-state index is 14.3. The van der Waals surface area contributed by atoms with Crippen molar-refractivity contribution in [1.82, 2.24) is 4.98 Å². The average Bonchev–Trinajstić information content (AvgIpc) is 3.49. The summed E-state index contributed by atoms with van der Waals surface area (Å²) in [6.45, 7) is 14.5. The maximum Gasteiger partial charge on any atom is 0.418 e. The van der Waals surface area contributed by atoms with Gasteiger partial charge in [0.15, 0.2) is 5.78 Å². The number of hydrogen-bond donors (Lipinski definition) is 1. The molecule has 0 atom stereocenters. The van der Waals surface area contributed by atoms with Gasteiger partial charge in [0.25, 0.3) is 0 Å². The number of aliphatic hydroxyl groups excluding tert-OH is 1. The molecule has 1 heterocycles. The van der Waals surface area contributed by atoms with Crippen molar-refractivity contribution in [1.29, 1.82) is 0 Å². The smallest absolute Gasteiger partial charge is 0.418 e. The number of aromatic nitrogens is 1. The minimum Gasteiger partial charge on any atom is -0.512 e. The van der Waals surface area contributed by atoms with Gasteiger partial charge < -0.3 is 5.11 Å². The van der Waals surface area contributed by atoms with Gasteiger partial charge in [-0.25, -0.2) is 0 Å². The fourth-order valence-electron chi connectivity index (χ4n) is 7.79. The molecule has 5 aromatic carbocycles. The van der Waals surface area contributed by atoms with E-state index in [0.29, 0.717) is 16.8 Å². The van der Waals surface area contributed by atoms with Gasteiger partial charge in [0, 0.05) is 49.9 Å². The quantitative estimate of drug-likeness (QED) is 0.0891. The van der Waals surface area contributed by atoms with Gasteiger partial charge in [0.1, 0.15) is 0 Å². The molecule has 1 aromatic heterocycles. The van der Waals surface area contributed by atoms with Gasteiger partial charge in [-0.15, -0.1) is 29.1 Å². The van der Waals surface area contributed by atoms with Crippen molar-refractivity contribution in [3.8, 4) is 44.6 Å². The van der Waals surface area contributed by atoms with Crippen LogP contribution in [0, 0.1) is 17.9 Å². The monoisotopic (exact) mass is 933 g/mol. The Hall–Kier alpha value is -4.58. The van der Waals surface area contributed by atoms with Crippen LogP contribution < -0.4 is 0 Å². The van der Waals surface area contributed by atoms with Crippen LogP contribution in [0.5, 0.6) is 0 Å². The van der Waals surface area contributed by atoms with Crippen LogP contribution in [-0.2, 0) is 36.5 Å². The number of rotatable bonds is 9. The third-order valence-electron chi connectivity index (χ3n) is 11.0. The molecule has 7 rings (SSSR count). The van der Waals surface area contributed by atoms with E-state index in [2.05, 4.69) is 56.1 Å². The average molecular weight is 933 g/mol. The number of carbonyl (C=O) groups excluding carboxylic acids is 1. The fourth-order valence-corrected chi connectivity index (χ4v) is 7.79. The van der Waals surface area contributed by atoms with Crippen LogP contribution in [0.4, 0.5) is 13.2 Å². The number of carbonyl (C=O) groups is 1. The first-order valence-corrected chi connectivity index (χ1v) is 19.3. The molecule has 7 heteroatoms. The SMILES string of the molecule is CC(C)(C)c1cc(-c2cc(-c3ccc4c(c3)-c3cccc5cccc-4c35)c(C(F)(F)F)cn2)[c-]c2ccccc12.CCC(CC)C(=O)/C=C(\O)C(CC)CC.[Ir]. The number of fused-ring (bicyclic) bond motifs is 4. The fraction of sp³-hybridized carbons (Fsp3) is 0.306. The van der Waals surface area contributed by atoms with E-state index in [9.17, 15) is 23.1 Å². The largest absolute Gasteiger partial charge is 0.512 e. The number of pyridine rings is 1. The standard InChI is InChI=1S/C36H25F3N.C13H24O2.Ir/c1-35(2,3)31-18-24(16-22-8-4-5-11-25(22)31)33-19-29(32(20-40-33)36(37,38)39)23-14-15-26-27-12-6-9-21-10-7-13-28(34(21)27)30(26)17-23;1-5-10(6-2)12(14)9-13(15)11(7-3)8-4;/h4-15,17-20H,1-3H3;9-11,14H,5-8H2,1-4H3;/q-1;;/b;12-9-;. The molecule has 0 spiro atoms. The summed E-state index contributed by atoms with van der Waals surface area (Å²) in [5.41, 5.74) is 6.09. The zero-order valence-corrected chi connectivity index (χ0v) is 35.5. The molecular formula is C49H49F3IrNO2-. The predicted molar refractivity (Wildman–Crippen MR) is 221 cm³/mol. The molecule has 0 saturated heterocycles. The summed E-state index contributed by atoms with van der Waals surface area (Å²) in [7, 11) is 0. The summed E-state index contributed by atoms with van der Waals surface area (Å²) >= 11 is 0. The Morgan fingerprint density at radius 3 is 1.96 bits per heavy atom. The van der Waals surface area contributed by atoms with Crippen molar-refractivity contribution >= 4 is 27.3 Å². The van der Waals surface area contributed by atoms with Gasteiger partial charge >= 0.3 is 6.18 Å². The summed E-state index contributed by atoms with van der Waals surface area (Å²) in [6, 6.07) is 32.9. The summed E-state index contributed by atoms with van der Waals surface area (Å²) in [4.78, 5) is 16.0. The Bertz CT molecular complexity index is 2390. The second kappa shape index (κ2) is 17.3. The molecule has 56 heavy (non-hydrogen) atoms. The number of alkyl halides is 3. The van der Waals surface area contributed by atoms with Crippen LogP contribution in [0.25, 0.3) is 66.2 Å². The molecule has 1 N–H and O–H groups in total. The van der Waals surface area contributed by atoms with Gasteiger partial charge in [-0.2, -0.15) is 13.2 Å². The number of nitrogens with zero attached hydrogens (tertiary/aromatic N) is 1. The number of allylic oxidation sites excluding steroid dienone is 2. The summed E-state index contributed by atoms with van der Waals surface area (Å²) < 4.78 is 43.0. The minimum absolute atomic E-state index is 0. The minimum atomic E-state index is -4.55. The van der Waals surface area contributed by atoms with Gasteiger partial charge in [-0.05, 0) is 81.3 Å². The van der Waals surface area contributed by atoms with E-state index in [-0.39, 0.29) is 54.5 Å². The number of benzene rings is 5. The van der Waals surface area contributed by atoms with Crippen molar-refractivity contribution in [3.63, 3.8) is 0 Å². The zero-order valence-electron chi connectivity index (χ0n) is 33.1. The van der Waals surface area contributed by atoms with E-state index in [4.69, 9.17) is 0 Å². The number of ketones is 1. The number of hydrogen-bond acceptors (Lipinski definition) is 3. The zero-order chi connectivity index (χ0) is 39.7. The molecule has 1 radical (unpaired) electrons. The van der Waals surface area contributed by atoms with E-state index in [1.807, 2.05) is 82.3 Å². The third-order valence-corrected chi connectivity index (χ3v) is 11.0. The van der Waals surface area contributed by atoms with E-state index < -0.39 is 11.7 Å². The summed E-state index contributed by atoms with van der Waals surface area (Å²) in [5.74, 6) is 0.547. The molecule has 0 fully saturated rings. The second-order valence-corrected chi connectivity index (χ2v) is 15.5. The van der Waals surface area contributed by atoms with Crippen molar-refractivity contribution in [2.75, 3.05) is 0 Å². The number of aliphatic hydroxyl groups is 1. The van der Waals surface area contributed by atoms with E-state index in [1.54, 1.807) is 12.1 Å². The molecule has 293 valence electrons. The van der Waals surface area contributed by atoms with Crippen molar-refractivity contribution in [2.45, 2.75) is 85.7 Å². The van der Waals surface area contributed by atoms with Gasteiger partial charge in [0.05, 0.1) is 11.3 Å². The maximum atomic E-state index is 14.3. The number of halogens is 3. The van der Waals surface area contributed by atoms with Gasteiger partial charge in [-0.3, -0.25) is 9.78 Å². The second-order valence-electron chi connectivity index (χ2n) is 15.5. The van der Waals surface area contributed by atoms with Crippen LogP contribution in [-0.4, -0.2) is 15.9 Å². The Kier molecular flexibility index (Phi) is 13.1. The molecule has 0 aliphatic heterocycles.